The van der Waals surface area contributed by atoms with Gasteiger partial charge in [0.2, 0.25) is 0 Å². The van der Waals surface area contributed by atoms with Crippen LogP contribution >= 0.6 is 0 Å². The quantitative estimate of drug-likeness (QED) is 0.772. The van der Waals surface area contributed by atoms with E-state index in [1.807, 2.05) is 38.1 Å². The summed E-state index contributed by atoms with van der Waals surface area (Å²) in [4.78, 5) is 14.8. The van der Waals surface area contributed by atoms with Gasteiger partial charge in [-0.2, -0.15) is 0 Å². The third-order valence-corrected chi connectivity index (χ3v) is 2.72. The second-order valence-corrected chi connectivity index (χ2v) is 4.18. The van der Waals surface area contributed by atoms with Crippen LogP contribution in [0.4, 0.5) is 0 Å². The number of benzene rings is 1. The van der Waals surface area contributed by atoms with Gasteiger partial charge in [0.25, 0.3) is 0 Å². The van der Waals surface area contributed by atoms with Crippen molar-refractivity contribution in [3.63, 3.8) is 0 Å². The summed E-state index contributed by atoms with van der Waals surface area (Å²) < 4.78 is 5.77. The summed E-state index contributed by atoms with van der Waals surface area (Å²) >= 11 is 0. The fourth-order valence-electron chi connectivity index (χ4n) is 1.82. The van der Waals surface area contributed by atoms with Crippen LogP contribution in [-0.4, -0.2) is 11.3 Å². The fraction of sp³-hybridized carbons (Fsp3) is 0.200. The van der Waals surface area contributed by atoms with Crippen molar-refractivity contribution in [2.75, 3.05) is 0 Å². The van der Waals surface area contributed by atoms with Crippen molar-refractivity contribution in [3.8, 4) is 5.75 Å². The smallest absolute Gasteiger partial charge is 0.168 e. The van der Waals surface area contributed by atoms with Crippen LogP contribution in [0.15, 0.2) is 36.4 Å². The van der Waals surface area contributed by atoms with Crippen LogP contribution in [0, 0.1) is 13.8 Å². The van der Waals surface area contributed by atoms with E-state index in [0.717, 1.165) is 28.9 Å². The van der Waals surface area contributed by atoms with Gasteiger partial charge >= 0.3 is 0 Å². The summed E-state index contributed by atoms with van der Waals surface area (Å²) in [6.07, 6.45) is 0.739. The molecule has 1 aromatic heterocycles. The Morgan fingerprint density at radius 2 is 1.78 bits per heavy atom. The summed E-state index contributed by atoms with van der Waals surface area (Å²) in [5.74, 6) is 0.885. The first-order valence-electron chi connectivity index (χ1n) is 5.81. The Hall–Kier alpha value is -2.16. The number of rotatable bonds is 4. The zero-order chi connectivity index (χ0) is 13.0. The van der Waals surface area contributed by atoms with Gasteiger partial charge in [0, 0.05) is 0 Å². The van der Waals surface area contributed by atoms with Crippen molar-refractivity contribution in [1.29, 1.82) is 0 Å². The Labute approximate surface area is 106 Å². The molecule has 0 fully saturated rings. The summed E-state index contributed by atoms with van der Waals surface area (Å²) in [5, 5.41) is 0. The van der Waals surface area contributed by atoms with E-state index in [1.165, 1.54) is 0 Å². The zero-order valence-corrected chi connectivity index (χ0v) is 10.5. The van der Waals surface area contributed by atoms with Crippen molar-refractivity contribution < 1.29 is 9.53 Å². The second-order valence-electron chi connectivity index (χ2n) is 4.18. The van der Waals surface area contributed by atoms with E-state index in [0.29, 0.717) is 12.3 Å². The predicted molar refractivity (Wildman–Crippen MR) is 69.9 cm³/mol. The molecule has 1 aromatic carbocycles. The minimum absolute atomic E-state index is 0.368. The Kier molecular flexibility index (Phi) is 3.72. The highest BCUT2D eigenvalue weighted by Crippen LogP contribution is 2.23. The number of hydrogen-bond donors (Lipinski definition) is 0. The third-order valence-electron chi connectivity index (χ3n) is 2.72. The number of nitrogens with zero attached hydrogens (tertiary/aromatic N) is 1. The van der Waals surface area contributed by atoms with E-state index in [2.05, 4.69) is 4.98 Å². The molecule has 0 amide bonds. The number of carbonyl (C=O) groups excluding carboxylic acids is 1. The first-order chi connectivity index (χ1) is 8.70. The molecule has 1 heterocycles. The molecule has 0 saturated carbocycles. The van der Waals surface area contributed by atoms with Crippen LogP contribution in [0.1, 0.15) is 27.3 Å². The largest absolute Gasteiger partial charge is 0.487 e. The number of hydrogen-bond acceptors (Lipinski definition) is 3. The first-order valence-corrected chi connectivity index (χ1v) is 5.81. The number of carbonyl (C=O) groups is 1. The minimum Gasteiger partial charge on any atom is -0.487 e. The van der Waals surface area contributed by atoms with E-state index in [4.69, 9.17) is 4.74 Å². The number of ether oxygens (including phenoxy) is 1. The normalized spacial score (nSPS) is 10.1. The molecule has 0 spiro atoms. The molecule has 0 N–H and O–H groups in total. The minimum atomic E-state index is 0.368. The average Bonchev–Trinajstić information content (AvgIpc) is 2.38. The van der Waals surface area contributed by atoms with Gasteiger partial charge in [0.1, 0.15) is 18.1 Å². The molecule has 92 valence electrons. The summed E-state index contributed by atoms with van der Waals surface area (Å²) in [7, 11) is 0. The summed E-state index contributed by atoms with van der Waals surface area (Å²) in [6, 6.07) is 11.4. The lowest BCUT2D eigenvalue weighted by Gasteiger charge is -2.11. The first kappa shape index (κ1) is 12.3. The number of pyridine rings is 1. The van der Waals surface area contributed by atoms with Crippen molar-refractivity contribution >= 4 is 6.29 Å². The Morgan fingerprint density at radius 1 is 1.11 bits per heavy atom. The van der Waals surface area contributed by atoms with Crippen LogP contribution in [0.3, 0.4) is 0 Å². The zero-order valence-electron chi connectivity index (χ0n) is 10.5. The van der Waals surface area contributed by atoms with Crippen molar-refractivity contribution in [2.45, 2.75) is 20.5 Å². The van der Waals surface area contributed by atoms with Crippen LogP contribution in [0.25, 0.3) is 0 Å². The lowest BCUT2D eigenvalue weighted by Crippen LogP contribution is -2.02. The van der Waals surface area contributed by atoms with Crippen LogP contribution in [0.2, 0.25) is 0 Å². The maximum absolute atomic E-state index is 10.6. The van der Waals surface area contributed by atoms with Gasteiger partial charge < -0.3 is 4.74 Å². The van der Waals surface area contributed by atoms with Gasteiger partial charge in [-0.05, 0) is 37.1 Å². The van der Waals surface area contributed by atoms with Crippen molar-refractivity contribution in [3.05, 3.63) is 58.9 Å². The molecule has 0 radical (unpaired) electrons. The summed E-state index contributed by atoms with van der Waals surface area (Å²) in [6.45, 7) is 4.39. The molecule has 3 nitrogen and oxygen atoms in total. The second kappa shape index (κ2) is 5.45. The molecule has 0 bridgehead atoms. The fourth-order valence-corrected chi connectivity index (χ4v) is 1.82. The van der Waals surface area contributed by atoms with Gasteiger partial charge in [0.05, 0.1) is 5.69 Å². The van der Waals surface area contributed by atoms with Crippen LogP contribution in [-0.2, 0) is 6.61 Å². The Bertz CT molecular complexity index is 544. The molecule has 0 unspecified atom stereocenters. The van der Waals surface area contributed by atoms with Gasteiger partial charge in [-0.15, -0.1) is 0 Å². The monoisotopic (exact) mass is 241 g/mol. The van der Waals surface area contributed by atoms with E-state index in [9.17, 15) is 4.79 Å². The highest BCUT2D eigenvalue weighted by molar-refractivity contribution is 5.71. The molecule has 0 aliphatic rings. The van der Waals surface area contributed by atoms with Gasteiger partial charge in [-0.1, -0.05) is 24.3 Å². The van der Waals surface area contributed by atoms with Crippen LogP contribution < -0.4 is 4.74 Å². The molecule has 2 rings (SSSR count). The molecule has 0 aliphatic carbocycles. The van der Waals surface area contributed by atoms with E-state index < -0.39 is 0 Å². The topological polar surface area (TPSA) is 39.2 Å². The highest BCUT2D eigenvalue weighted by Gasteiger charge is 2.04. The molecule has 0 atom stereocenters. The number of para-hydroxylation sites is 1. The van der Waals surface area contributed by atoms with Gasteiger partial charge in [-0.25, -0.2) is 4.98 Å². The third kappa shape index (κ3) is 2.74. The predicted octanol–water partition coefficient (Wildman–Crippen LogP) is 3.09. The SMILES string of the molecule is Cc1cccc(C)c1OCc1cccc(C=O)n1. The Morgan fingerprint density at radius 3 is 2.44 bits per heavy atom. The van der Waals surface area contributed by atoms with Crippen molar-refractivity contribution in [2.24, 2.45) is 0 Å². The average molecular weight is 241 g/mol. The highest BCUT2D eigenvalue weighted by atomic mass is 16.5. The standard InChI is InChI=1S/C15H15NO2/c1-11-5-3-6-12(2)15(11)18-10-14-8-4-7-13(9-17)16-14/h3-9H,10H2,1-2H3. The molecule has 3 heteroatoms. The molecule has 18 heavy (non-hydrogen) atoms. The number of aryl methyl sites for hydroxylation is 2. The van der Waals surface area contributed by atoms with E-state index in [-0.39, 0.29) is 0 Å². The summed E-state index contributed by atoms with van der Waals surface area (Å²) in [5.41, 5.74) is 3.38. The maximum atomic E-state index is 10.6. The van der Waals surface area contributed by atoms with E-state index >= 15 is 0 Å². The van der Waals surface area contributed by atoms with Crippen molar-refractivity contribution in [1.82, 2.24) is 4.98 Å². The molecular formula is C15H15NO2. The molecule has 0 aliphatic heterocycles. The molecule has 2 aromatic rings. The lowest BCUT2D eigenvalue weighted by atomic mass is 10.1. The Balaban J connectivity index is 2.13. The molecule has 0 saturated heterocycles. The number of aldehydes is 1. The van der Waals surface area contributed by atoms with Gasteiger partial charge in [0.15, 0.2) is 6.29 Å². The van der Waals surface area contributed by atoms with Gasteiger partial charge in [-0.3, -0.25) is 4.79 Å². The van der Waals surface area contributed by atoms with Crippen LogP contribution in [0.5, 0.6) is 5.75 Å². The molecular weight excluding hydrogens is 226 g/mol. The number of aromatic nitrogens is 1. The van der Waals surface area contributed by atoms with E-state index in [1.54, 1.807) is 12.1 Å². The lowest BCUT2D eigenvalue weighted by molar-refractivity contribution is 0.111. The maximum Gasteiger partial charge on any atom is 0.168 e.